The van der Waals surface area contributed by atoms with Crippen molar-refractivity contribution in [1.82, 2.24) is 39.8 Å². The molecular formula is C36H28ClF6N9O2. The van der Waals surface area contributed by atoms with Gasteiger partial charge in [0.25, 0.3) is 12.3 Å². The number of carbonyl (C=O) groups excluding carboxylic acids is 1. The lowest BCUT2D eigenvalue weighted by Crippen LogP contribution is -2.35. The van der Waals surface area contributed by atoms with E-state index in [4.69, 9.17) is 27.1 Å². The number of nitrogens with two attached hydrogens (primary N) is 1. The molecule has 18 heteroatoms. The monoisotopic (exact) mass is 767 g/mol. The predicted molar refractivity (Wildman–Crippen MR) is 184 cm³/mol. The molecular weight excluding hydrogens is 740 g/mol. The number of aryl methyl sites for hydroxylation is 1. The normalized spacial score (nSPS) is 17.6. The average Bonchev–Trinajstić information content (AvgIpc) is 3.90. The number of imidazole rings is 1. The smallest absolute Gasteiger partial charge is 0.294 e. The fourth-order valence-corrected chi connectivity index (χ4v) is 7.84. The van der Waals surface area contributed by atoms with Crippen molar-refractivity contribution in [2.45, 2.75) is 50.3 Å². The number of aromatic nitrogens is 7. The topological polar surface area (TPSA) is 142 Å². The average molecular weight is 768 g/mol. The summed E-state index contributed by atoms with van der Waals surface area (Å²) in [6.45, 7) is -0.799. The van der Waals surface area contributed by atoms with E-state index in [0.29, 0.717) is 49.1 Å². The van der Waals surface area contributed by atoms with Crippen LogP contribution in [0.4, 0.5) is 32.2 Å². The van der Waals surface area contributed by atoms with Crippen LogP contribution >= 0.6 is 11.6 Å². The highest BCUT2D eigenvalue weighted by molar-refractivity contribution is 6.37. The Balaban J connectivity index is 1.28. The highest BCUT2D eigenvalue weighted by Gasteiger charge is 2.59. The number of rotatable bonds is 10. The molecule has 0 aliphatic heterocycles. The van der Waals surface area contributed by atoms with Gasteiger partial charge >= 0.3 is 0 Å². The summed E-state index contributed by atoms with van der Waals surface area (Å²) in [5.74, 6) is -3.09. The molecule has 0 saturated carbocycles. The first-order valence-corrected chi connectivity index (χ1v) is 16.9. The summed E-state index contributed by atoms with van der Waals surface area (Å²) in [6, 6.07) is 6.60. The van der Waals surface area contributed by atoms with Gasteiger partial charge in [-0.2, -0.15) is 19.0 Å². The van der Waals surface area contributed by atoms with Crippen LogP contribution < -0.4 is 11.1 Å². The number of hydrogen-bond acceptors (Lipinski definition) is 7. The van der Waals surface area contributed by atoms with Gasteiger partial charge in [-0.25, -0.2) is 27.5 Å². The van der Waals surface area contributed by atoms with Gasteiger partial charge in [-0.15, -0.1) is 5.92 Å². The second kappa shape index (κ2) is 13.1. The summed E-state index contributed by atoms with van der Waals surface area (Å²) < 4.78 is 96.3. The summed E-state index contributed by atoms with van der Waals surface area (Å²) >= 11 is 6.54. The molecule has 54 heavy (non-hydrogen) atoms. The van der Waals surface area contributed by atoms with Crippen LogP contribution in [0.2, 0.25) is 5.02 Å². The number of nitrogen functional groups attached to an aromatic ring is 1. The van der Waals surface area contributed by atoms with Crippen LogP contribution in [0.1, 0.15) is 58.8 Å². The second-order valence-corrected chi connectivity index (χ2v) is 13.6. The molecule has 11 nitrogen and oxygen atoms in total. The van der Waals surface area contributed by atoms with Gasteiger partial charge in [0.1, 0.15) is 42.0 Å². The molecule has 1 amide bonds. The van der Waals surface area contributed by atoms with Gasteiger partial charge in [-0.3, -0.25) is 14.2 Å². The number of ether oxygens (including phenoxy) is 1. The Kier molecular flexibility index (Phi) is 8.57. The van der Waals surface area contributed by atoms with Crippen LogP contribution in [0.25, 0.3) is 33.2 Å². The molecule has 0 radical (unpaired) electrons. The SMILES string of the molecule is COCc1nc2nc([C@H](Cc3cc(F)cc(F)c3)NC(=O)Cn3nc(C(F)F)c4c3C(F)(F)[C@@H]3CC#C[C@H]43)c(-c3ccc(Cl)c4c(N)nn(C)c34)cc2[nH]1. The van der Waals surface area contributed by atoms with Gasteiger partial charge in [0.15, 0.2) is 11.5 Å². The number of carbonyl (C=O) groups is 1. The predicted octanol–water partition coefficient (Wildman–Crippen LogP) is 6.62. The number of pyridine rings is 1. The number of halogens is 7. The van der Waals surface area contributed by atoms with Crippen LogP contribution in [0, 0.1) is 29.4 Å². The Morgan fingerprint density at radius 2 is 1.89 bits per heavy atom. The number of methoxy groups -OCH3 is 1. The number of hydrogen-bond donors (Lipinski definition) is 3. The molecule has 0 fully saturated rings. The second-order valence-electron chi connectivity index (χ2n) is 13.2. The van der Waals surface area contributed by atoms with Crippen molar-refractivity contribution >= 4 is 45.4 Å². The standard InChI is InChI=1S/C36H28ClF6N9O2/c1-51-31-18(6-7-22(37)28(31)34(44)50-51)20-12-24-35(47-25(45-24)14-54-2)48-29(20)23(10-15-8-16(38)11-17(39)9-15)46-26(53)13-52-32-27(30(49-52)33(40)41)19-4-3-5-21(19)36(32,42)43/h6-9,11-12,19,21,23,33H,5,10,13-14H2,1-2H3,(H2,44,50)(H,46,53)(H,45,47,48)/t19-,21+,23-/m0/s1. The van der Waals surface area contributed by atoms with E-state index in [9.17, 15) is 22.4 Å². The minimum atomic E-state index is -3.61. The van der Waals surface area contributed by atoms with Gasteiger partial charge in [0, 0.05) is 43.3 Å². The molecule has 2 aliphatic rings. The van der Waals surface area contributed by atoms with Crippen molar-refractivity contribution in [2.75, 3.05) is 12.8 Å². The molecule has 2 aromatic carbocycles. The first-order valence-electron chi connectivity index (χ1n) is 16.5. The minimum absolute atomic E-state index is 0.0972. The van der Waals surface area contributed by atoms with E-state index in [1.54, 1.807) is 25.2 Å². The Hall–Kier alpha value is -5.60. The molecule has 0 spiro atoms. The van der Waals surface area contributed by atoms with E-state index >= 15 is 8.78 Å². The van der Waals surface area contributed by atoms with Gasteiger partial charge in [0.2, 0.25) is 5.91 Å². The maximum absolute atomic E-state index is 15.8. The van der Waals surface area contributed by atoms with Gasteiger partial charge in [-0.05, 0) is 36.2 Å². The van der Waals surface area contributed by atoms with Crippen molar-refractivity contribution in [3.8, 4) is 23.0 Å². The van der Waals surface area contributed by atoms with E-state index in [1.165, 1.54) is 11.8 Å². The zero-order chi connectivity index (χ0) is 38.2. The fourth-order valence-electron chi connectivity index (χ4n) is 7.59. The number of alkyl halides is 4. The molecule has 3 atom stereocenters. The number of aromatic amines is 1. The van der Waals surface area contributed by atoms with Crippen molar-refractivity contribution in [2.24, 2.45) is 13.0 Å². The van der Waals surface area contributed by atoms with Crippen molar-refractivity contribution in [3.63, 3.8) is 0 Å². The minimum Gasteiger partial charge on any atom is -0.382 e. The first-order chi connectivity index (χ1) is 25.7. The maximum Gasteiger partial charge on any atom is 0.294 e. The molecule has 0 unspecified atom stereocenters. The molecule has 6 aromatic rings. The van der Waals surface area contributed by atoms with Gasteiger partial charge < -0.3 is 20.8 Å². The highest BCUT2D eigenvalue weighted by Crippen LogP contribution is 2.57. The van der Waals surface area contributed by atoms with Crippen LogP contribution in [-0.4, -0.2) is 47.5 Å². The lowest BCUT2D eigenvalue weighted by molar-refractivity contribution is -0.123. The van der Waals surface area contributed by atoms with E-state index < -0.39 is 65.7 Å². The summed E-state index contributed by atoms with van der Waals surface area (Å²) in [4.78, 5) is 26.4. The van der Waals surface area contributed by atoms with Crippen molar-refractivity contribution < 1.29 is 35.9 Å². The largest absolute Gasteiger partial charge is 0.382 e. The summed E-state index contributed by atoms with van der Waals surface area (Å²) in [5, 5.41) is 11.6. The third-order valence-electron chi connectivity index (χ3n) is 9.71. The molecule has 4 heterocycles. The molecule has 278 valence electrons. The van der Waals surface area contributed by atoms with Crippen LogP contribution in [-0.2, 0) is 42.1 Å². The lowest BCUT2D eigenvalue weighted by Gasteiger charge is -2.23. The van der Waals surface area contributed by atoms with E-state index in [2.05, 4.69) is 37.3 Å². The number of benzene rings is 2. The molecule has 2 aliphatic carbocycles. The summed E-state index contributed by atoms with van der Waals surface area (Å²) in [7, 11) is 3.13. The number of fused-ring (bicyclic) bond motifs is 5. The third-order valence-corrected chi connectivity index (χ3v) is 10.0. The Morgan fingerprint density at radius 1 is 1.13 bits per heavy atom. The van der Waals surface area contributed by atoms with E-state index in [0.717, 1.165) is 12.1 Å². The first kappa shape index (κ1) is 35.4. The highest BCUT2D eigenvalue weighted by atomic mass is 35.5. The Bertz CT molecular complexity index is 2550. The molecule has 0 saturated heterocycles. The molecule has 4 N–H and O–H groups in total. The third kappa shape index (κ3) is 5.80. The number of nitrogens with one attached hydrogen (secondary N) is 2. The van der Waals surface area contributed by atoms with Crippen molar-refractivity contribution in [1.29, 1.82) is 0 Å². The van der Waals surface area contributed by atoms with E-state index in [-0.39, 0.29) is 47.7 Å². The van der Waals surface area contributed by atoms with Crippen LogP contribution in [0.3, 0.4) is 0 Å². The number of anilines is 1. The van der Waals surface area contributed by atoms with Gasteiger partial charge in [-0.1, -0.05) is 23.6 Å². The van der Waals surface area contributed by atoms with Gasteiger partial charge in [0.05, 0.1) is 45.0 Å². The quantitative estimate of drug-likeness (QED) is 0.105. The van der Waals surface area contributed by atoms with Crippen LogP contribution in [0.5, 0.6) is 0 Å². The number of H-pyrrole nitrogens is 1. The van der Waals surface area contributed by atoms with Crippen molar-refractivity contribution in [3.05, 3.63) is 87.1 Å². The van der Waals surface area contributed by atoms with E-state index in [1.807, 2.05) is 0 Å². The summed E-state index contributed by atoms with van der Waals surface area (Å²) in [5.41, 5.74) is 6.48. The molecule has 8 rings (SSSR count). The summed E-state index contributed by atoms with van der Waals surface area (Å²) in [6.07, 6.45) is -3.67. The molecule has 4 aromatic heterocycles. The number of nitrogens with zero attached hydrogens (tertiary/aromatic N) is 6. The Morgan fingerprint density at radius 3 is 2.61 bits per heavy atom. The zero-order valence-corrected chi connectivity index (χ0v) is 29.1. The van der Waals surface area contributed by atoms with Crippen LogP contribution in [0.15, 0.2) is 36.4 Å². The number of amides is 1. The lowest BCUT2D eigenvalue weighted by atomic mass is 9.93. The maximum atomic E-state index is 15.8. The fraction of sp³-hybridized carbons (Fsp3) is 0.306. The molecule has 0 bridgehead atoms. The zero-order valence-electron chi connectivity index (χ0n) is 28.3. The Labute approximate surface area is 306 Å².